The van der Waals surface area contributed by atoms with Crippen LogP contribution in [0.1, 0.15) is 20.3 Å². The number of rotatable bonds is 8. The number of hydrogen-bond acceptors (Lipinski definition) is 4. The monoisotopic (exact) mass is 268 g/mol. The van der Waals surface area contributed by atoms with Crippen molar-refractivity contribution in [3.8, 4) is 0 Å². The Hall–Kier alpha value is -1.56. The number of nitrogens with one attached hydrogen (secondary N) is 2. The minimum Gasteiger partial charge on any atom is -0.380 e. The summed E-state index contributed by atoms with van der Waals surface area (Å²) in [5.41, 5.74) is 0.898. The summed E-state index contributed by atoms with van der Waals surface area (Å²) in [5.74, 6) is 0.534. The van der Waals surface area contributed by atoms with E-state index in [2.05, 4.69) is 29.6 Å². The Balaban J connectivity index is 2.42. The van der Waals surface area contributed by atoms with Crippen molar-refractivity contribution in [3.05, 3.63) is 12.4 Å². The highest BCUT2D eigenvalue weighted by atomic mass is 16.5. The molecule has 1 amide bonds. The molecule has 108 valence electrons. The molecule has 0 bridgehead atoms. The van der Waals surface area contributed by atoms with E-state index in [-0.39, 0.29) is 18.6 Å². The Kier molecular flexibility index (Phi) is 6.35. The number of likely N-dealkylation sites (N-methyl/N-ethyl adjacent to an activating group) is 1. The lowest BCUT2D eigenvalue weighted by molar-refractivity contribution is -0.121. The van der Waals surface area contributed by atoms with Crippen molar-refractivity contribution in [3.63, 3.8) is 0 Å². The SMILES string of the molecule is CNC(=O)Cn1cc(NCC(CC(C)C)OC)cn1. The minimum absolute atomic E-state index is 0.0655. The molecular weight excluding hydrogens is 244 g/mol. The maximum Gasteiger partial charge on any atom is 0.241 e. The molecule has 6 heteroatoms. The van der Waals surface area contributed by atoms with Crippen LogP contribution in [0.2, 0.25) is 0 Å². The first-order valence-corrected chi connectivity index (χ1v) is 6.54. The van der Waals surface area contributed by atoms with Gasteiger partial charge in [-0.3, -0.25) is 9.48 Å². The molecule has 19 heavy (non-hydrogen) atoms. The van der Waals surface area contributed by atoms with Crippen LogP contribution in [0.4, 0.5) is 5.69 Å². The summed E-state index contributed by atoms with van der Waals surface area (Å²) in [5, 5.41) is 9.96. The molecule has 1 rings (SSSR count). The lowest BCUT2D eigenvalue weighted by Crippen LogP contribution is -2.24. The molecule has 1 atom stereocenters. The number of hydrogen-bond donors (Lipinski definition) is 2. The third kappa shape index (κ3) is 5.74. The van der Waals surface area contributed by atoms with Gasteiger partial charge >= 0.3 is 0 Å². The normalized spacial score (nSPS) is 12.5. The van der Waals surface area contributed by atoms with Crippen molar-refractivity contribution in [1.82, 2.24) is 15.1 Å². The predicted octanol–water partition coefficient (Wildman–Crippen LogP) is 1.10. The van der Waals surface area contributed by atoms with Crippen LogP contribution in [0, 0.1) is 5.92 Å². The Morgan fingerprint density at radius 2 is 2.26 bits per heavy atom. The van der Waals surface area contributed by atoms with Crippen LogP contribution in [0.5, 0.6) is 0 Å². The second kappa shape index (κ2) is 7.78. The second-order valence-corrected chi connectivity index (χ2v) is 4.97. The van der Waals surface area contributed by atoms with Gasteiger partial charge in [-0.25, -0.2) is 0 Å². The summed E-state index contributed by atoms with van der Waals surface area (Å²) in [6, 6.07) is 0. The molecule has 0 aromatic carbocycles. The molecular formula is C13H24N4O2. The number of carbonyl (C=O) groups is 1. The average molecular weight is 268 g/mol. The molecule has 0 aliphatic rings. The summed E-state index contributed by atoms with van der Waals surface area (Å²) in [6.45, 7) is 5.32. The zero-order chi connectivity index (χ0) is 14.3. The highest BCUT2D eigenvalue weighted by Gasteiger charge is 2.10. The first kappa shape index (κ1) is 15.5. The van der Waals surface area contributed by atoms with Gasteiger partial charge in [-0.1, -0.05) is 13.8 Å². The van der Waals surface area contributed by atoms with Gasteiger partial charge in [0, 0.05) is 26.9 Å². The number of ether oxygens (including phenoxy) is 1. The molecule has 0 radical (unpaired) electrons. The highest BCUT2D eigenvalue weighted by molar-refractivity contribution is 5.75. The molecule has 1 aromatic rings. The van der Waals surface area contributed by atoms with E-state index in [9.17, 15) is 4.79 Å². The minimum atomic E-state index is -0.0655. The van der Waals surface area contributed by atoms with Crippen LogP contribution in [0.15, 0.2) is 12.4 Å². The summed E-state index contributed by atoms with van der Waals surface area (Å²) >= 11 is 0. The molecule has 0 fully saturated rings. The Labute approximate surface area is 114 Å². The molecule has 2 N–H and O–H groups in total. The molecule has 0 saturated heterocycles. The van der Waals surface area contributed by atoms with Crippen molar-refractivity contribution in [2.45, 2.75) is 32.9 Å². The van der Waals surface area contributed by atoms with Gasteiger partial charge < -0.3 is 15.4 Å². The van der Waals surface area contributed by atoms with Crippen LogP contribution in [0.3, 0.4) is 0 Å². The summed E-state index contributed by atoms with van der Waals surface area (Å²) in [4.78, 5) is 11.2. The standard InChI is InChI=1S/C13H24N4O2/c1-10(2)5-12(19-4)7-15-11-6-16-17(8-11)9-13(18)14-3/h6,8,10,12,15H,5,7,9H2,1-4H3,(H,14,18). The first-order chi connectivity index (χ1) is 9.05. The van der Waals surface area contributed by atoms with Gasteiger partial charge in [-0.15, -0.1) is 0 Å². The Bertz CT molecular complexity index is 390. The van der Waals surface area contributed by atoms with Crippen LogP contribution >= 0.6 is 0 Å². The molecule has 0 aliphatic carbocycles. The maximum atomic E-state index is 11.2. The number of aromatic nitrogens is 2. The van der Waals surface area contributed by atoms with Crippen molar-refractivity contribution >= 4 is 11.6 Å². The summed E-state index contributed by atoms with van der Waals surface area (Å²) < 4.78 is 7.02. The van der Waals surface area contributed by atoms with Crippen LogP contribution < -0.4 is 10.6 Å². The zero-order valence-corrected chi connectivity index (χ0v) is 12.1. The summed E-state index contributed by atoms with van der Waals surface area (Å²) in [7, 11) is 3.34. The molecule has 0 aliphatic heterocycles. The molecule has 6 nitrogen and oxygen atoms in total. The van der Waals surface area contributed by atoms with Gasteiger partial charge in [0.25, 0.3) is 0 Å². The number of methoxy groups -OCH3 is 1. The molecule has 1 unspecified atom stereocenters. The molecule has 1 aromatic heterocycles. The van der Waals surface area contributed by atoms with Gasteiger partial charge in [0.05, 0.1) is 18.0 Å². The van der Waals surface area contributed by atoms with Gasteiger partial charge in [0.1, 0.15) is 6.54 Å². The van der Waals surface area contributed by atoms with Crippen molar-refractivity contribution in [2.24, 2.45) is 5.92 Å². The lowest BCUT2D eigenvalue weighted by Gasteiger charge is -2.17. The number of carbonyl (C=O) groups excluding carboxylic acids is 1. The quantitative estimate of drug-likeness (QED) is 0.741. The Morgan fingerprint density at radius 1 is 1.53 bits per heavy atom. The Morgan fingerprint density at radius 3 is 2.84 bits per heavy atom. The van der Waals surface area contributed by atoms with E-state index in [1.54, 1.807) is 25.0 Å². The molecule has 0 saturated carbocycles. The average Bonchev–Trinajstić information content (AvgIpc) is 2.81. The topological polar surface area (TPSA) is 68.2 Å². The van der Waals surface area contributed by atoms with E-state index >= 15 is 0 Å². The number of anilines is 1. The fraction of sp³-hybridized carbons (Fsp3) is 0.692. The van der Waals surface area contributed by atoms with Crippen LogP contribution in [-0.2, 0) is 16.1 Å². The summed E-state index contributed by atoms with van der Waals surface area (Å²) in [6.07, 6.45) is 4.72. The van der Waals surface area contributed by atoms with E-state index in [1.807, 2.05) is 6.20 Å². The number of nitrogens with zero attached hydrogens (tertiary/aromatic N) is 2. The predicted molar refractivity (Wildman–Crippen MR) is 75.0 cm³/mol. The molecule has 0 spiro atoms. The van der Waals surface area contributed by atoms with Crippen molar-refractivity contribution in [1.29, 1.82) is 0 Å². The van der Waals surface area contributed by atoms with E-state index < -0.39 is 0 Å². The molecule has 1 heterocycles. The third-order valence-corrected chi connectivity index (χ3v) is 2.82. The van der Waals surface area contributed by atoms with E-state index in [1.165, 1.54) is 0 Å². The highest BCUT2D eigenvalue weighted by Crippen LogP contribution is 2.10. The van der Waals surface area contributed by atoms with Gasteiger partial charge in [0.2, 0.25) is 5.91 Å². The first-order valence-electron chi connectivity index (χ1n) is 6.54. The van der Waals surface area contributed by atoms with Crippen molar-refractivity contribution in [2.75, 3.05) is 26.0 Å². The third-order valence-electron chi connectivity index (χ3n) is 2.82. The van der Waals surface area contributed by atoms with Gasteiger partial charge in [0.15, 0.2) is 0 Å². The van der Waals surface area contributed by atoms with Crippen LogP contribution in [-0.4, -0.2) is 42.5 Å². The van der Waals surface area contributed by atoms with E-state index in [0.717, 1.165) is 18.7 Å². The lowest BCUT2D eigenvalue weighted by atomic mass is 10.1. The fourth-order valence-electron chi connectivity index (χ4n) is 1.79. The second-order valence-electron chi connectivity index (χ2n) is 4.97. The maximum absolute atomic E-state index is 11.2. The van der Waals surface area contributed by atoms with Gasteiger partial charge in [-0.2, -0.15) is 5.10 Å². The van der Waals surface area contributed by atoms with E-state index in [0.29, 0.717) is 5.92 Å². The smallest absolute Gasteiger partial charge is 0.241 e. The number of amides is 1. The fourth-order valence-corrected chi connectivity index (χ4v) is 1.79. The largest absolute Gasteiger partial charge is 0.380 e. The van der Waals surface area contributed by atoms with Gasteiger partial charge in [-0.05, 0) is 12.3 Å². The van der Waals surface area contributed by atoms with Crippen LogP contribution in [0.25, 0.3) is 0 Å². The zero-order valence-electron chi connectivity index (χ0n) is 12.1. The van der Waals surface area contributed by atoms with Crippen molar-refractivity contribution < 1.29 is 9.53 Å². The van der Waals surface area contributed by atoms with E-state index in [4.69, 9.17) is 4.74 Å².